The molecule has 1 aliphatic heterocycles. The zero-order chi connectivity index (χ0) is 13.9. The maximum Gasteiger partial charge on any atom is 0.341 e. The van der Waals surface area contributed by atoms with Gasteiger partial charge in [0.1, 0.15) is 11.4 Å². The topological polar surface area (TPSA) is 66.3 Å². The number of benzene rings is 1. The number of anilines is 1. The summed E-state index contributed by atoms with van der Waals surface area (Å²) in [6.07, 6.45) is 3.55. The van der Waals surface area contributed by atoms with Crippen LogP contribution in [-0.2, 0) is 0 Å². The van der Waals surface area contributed by atoms with E-state index in [1.54, 1.807) is 0 Å². The van der Waals surface area contributed by atoms with E-state index < -0.39 is 5.97 Å². The molecule has 3 rings (SSSR count). The summed E-state index contributed by atoms with van der Waals surface area (Å²) in [7, 11) is 0. The number of hydrogen-bond acceptors (Lipinski definition) is 4. The highest BCUT2D eigenvalue weighted by atomic mass is 16.4. The average Bonchev–Trinajstić information content (AvgIpc) is 3.01. The molecule has 0 aliphatic carbocycles. The van der Waals surface area contributed by atoms with Crippen molar-refractivity contribution in [2.75, 3.05) is 18.0 Å². The molecule has 1 aliphatic rings. The summed E-state index contributed by atoms with van der Waals surface area (Å²) in [5.41, 5.74) is 1.07. The van der Waals surface area contributed by atoms with Crippen LogP contribution in [-0.4, -0.2) is 34.1 Å². The predicted molar refractivity (Wildman–Crippen MR) is 75.9 cm³/mol. The third kappa shape index (κ3) is 2.34. The van der Waals surface area contributed by atoms with Gasteiger partial charge in [0.05, 0.1) is 0 Å². The van der Waals surface area contributed by atoms with Crippen molar-refractivity contribution in [2.45, 2.75) is 12.8 Å². The summed E-state index contributed by atoms with van der Waals surface area (Å²) in [5.74, 6) is 0.118. The van der Waals surface area contributed by atoms with Crippen molar-refractivity contribution in [3.8, 4) is 11.4 Å². The molecule has 0 saturated carbocycles. The third-order valence-corrected chi connectivity index (χ3v) is 3.44. The Morgan fingerprint density at radius 2 is 1.85 bits per heavy atom. The summed E-state index contributed by atoms with van der Waals surface area (Å²) in [5, 5.41) is 9.28. The standard InChI is InChI=1S/C15H15N3O2/c19-15(20)12-10-16-13(11-6-2-1-3-7-11)17-14(12)18-8-4-5-9-18/h1-3,6-7,10H,4-5,8-9H2,(H,19,20). The van der Waals surface area contributed by atoms with E-state index in [0.29, 0.717) is 11.6 Å². The van der Waals surface area contributed by atoms with Crippen LogP contribution >= 0.6 is 0 Å². The van der Waals surface area contributed by atoms with E-state index in [-0.39, 0.29) is 5.56 Å². The number of hydrogen-bond donors (Lipinski definition) is 1. The number of carboxylic acid groups (broad SMARTS) is 1. The van der Waals surface area contributed by atoms with Gasteiger partial charge in [-0.25, -0.2) is 14.8 Å². The highest BCUT2D eigenvalue weighted by Gasteiger charge is 2.22. The van der Waals surface area contributed by atoms with E-state index in [1.807, 2.05) is 35.2 Å². The molecule has 1 fully saturated rings. The second kappa shape index (κ2) is 5.28. The van der Waals surface area contributed by atoms with Crippen LogP contribution in [0.5, 0.6) is 0 Å². The Morgan fingerprint density at radius 1 is 1.15 bits per heavy atom. The van der Waals surface area contributed by atoms with Crippen LogP contribution in [0.4, 0.5) is 5.82 Å². The van der Waals surface area contributed by atoms with Gasteiger partial charge in [-0.15, -0.1) is 0 Å². The number of carbonyl (C=O) groups is 1. The van der Waals surface area contributed by atoms with Gasteiger partial charge in [-0.3, -0.25) is 0 Å². The number of aromatic carboxylic acids is 1. The average molecular weight is 269 g/mol. The first-order chi connectivity index (χ1) is 9.75. The lowest BCUT2D eigenvalue weighted by atomic mass is 10.2. The van der Waals surface area contributed by atoms with Crippen LogP contribution in [0.1, 0.15) is 23.2 Å². The van der Waals surface area contributed by atoms with Gasteiger partial charge in [0, 0.05) is 24.8 Å². The molecule has 102 valence electrons. The molecule has 0 atom stereocenters. The molecule has 1 aromatic heterocycles. The van der Waals surface area contributed by atoms with Gasteiger partial charge in [0.25, 0.3) is 0 Å². The van der Waals surface area contributed by atoms with Crippen molar-refractivity contribution in [2.24, 2.45) is 0 Å². The van der Waals surface area contributed by atoms with Crippen molar-refractivity contribution in [1.82, 2.24) is 9.97 Å². The van der Waals surface area contributed by atoms with Crippen molar-refractivity contribution in [1.29, 1.82) is 0 Å². The Kier molecular flexibility index (Phi) is 3.33. The summed E-state index contributed by atoms with van der Waals surface area (Å²) >= 11 is 0. The van der Waals surface area contributed by atoms with E-state index in [2.05, 4.69) is 9.97 Å². The molecule has 5 heteroatoms. The van der Waals surface area contributed by atoms with Gasteiger partial charge >= 0.3 is 5.97 Å². The van der Waals surface area contributed by atoms with Crippen molar-refractivity contribution in [3.63, 3.8) is 0 Å². The summed E-state index contributed by atoms with van der Waals surface area (Å²) < 4.78 is 0. The van der Waals surface area contributed by atoms with Gasteiger partial charge in [-0.1, -0.05) is 30.3 Å². The molecular formula is C15H15N3O2. The SMILES string of the molecule is O=C(O)c1cnc(-c2ccccc2)nc1N1CCCC1. The monoisotopic (exact) mass is 269 g/mol. The lowest BCUT2D eigenvalue weighted by molar-refractivity contribution is 0.0696. The molecule has 0 spiro atoms. The molecule has 0 amide bonds. The highest BCUT2D eigenvalue weighted by Crippen LogP contribution is 2.25. The Hall–Kier alpha value is -2.43. The molecule has 5 nitrogen and oxygen atoms in total. The van der Waals surface area contributed by atoms with Gasteiger partial charge in [0.2, 0.25) is 0 Å². The molecule has 0 unspecified atom stereocenters. The van der Waals surface area contributed by atoms with E-state index in [0.717, 1.165) is 31.5 Å². The van der Waals surface area contributed by atoms with E-state index in [4.69, 9.17) is 0 Å². The van der Waals surface area contributed by atoms with Gasteiger partial charge in [0.15, 0.2) is 5.82 Å². The van der Waals surface area contributed by atoms with E-state index in [1.165, 1.54) is 6.20 Å². The van der Waals surface area contributed by atoms with Gasteiger partial charge < -0.3 is 10.0 Å². The Labute approximate surface area is 116 Å². The fourth-order valence-electron chi connectivity index (χ4n) is 2.42. The first kappa shape index (κ1) is 12.6. The minimum absolute atomic E-state index is 0.173. The van der Waals surface area contributed by atoms with Crippen molar-refractivity contribution < 1.29 is 9.90 Å². The second-order valence-corrected chi connectivity index (χ2v) is 4.80. The zero-order valence-corrected chi connectivity index (χ0v) is 11.0. The maximum atomic E-state index is 11.3. The predicted octanol–water partition coefficient (Wildman–Crippen LogP) is 2.44. The summed E-state index contributed by atoms with van der Waals surface area (Å²) in [6.45, 7) is 1.71. The van der Waals surface area contributed by atoms with Crippen molar-refractivity contribution in [3.05, 3.63) is 42.1 Å². The van der Waals surface area contributed by atoms with E-state index in [9.17, 15) is 9.90 Å². The summed E-state index contributed by atoms with van der Waals surface area (Å²) in [6, 6.07) is 9.60. The fraction of sp³-hybridized carbons (Fsp3) is 0.267. The van der Waals surface area contributed by atoms with Gasteiger partial charge in [-0.2, -0.15) is 0 Å². The van der Waals surface area contributed by atoms with Crippen LogP contribution in [0.25, 0.3) is 11.4 Å². The number of nitrogens with zero attached hydrogens (tertiary/aromatic N) is 3. The molecule has 20 heavy (non-hydrogen) atoms. The summed E-state index contributed by atoms with van der Waals surface area (Å²) in [4.78, 5) is 22.0. The molecule has 1 N–H and O–H groups in total. The molecular weight excluding hydrogens is 254 g/mol. The molecule has 0 radical (unpaired) electrons. The van der Waals surface area contributed by atoms with Crippen LogP contribution in [0.2, 0.25) is 0 Å². The number of rotatable bonds is 3. The van der Waals surface area contributed by atoms with Crippen LogP contribution in [0.3, 0.4) is 0 Å². The Bertz CT molecular complexity index is 622. The Balaban J connectivity index is 2.06. The van der Waals surface area contributed by atoms with Crippen LogP contribution in [0, 0.1) is 0 Å². The van der Waals surface area contributed by atoms with Crippen LogP contribution in [0.15, 0.2) is 36.5 Å². The Morgan fingerprint density at radius 3 is 2.50 bits per heavy atom. The molecule has 2 heterocycles. The lowest BCUT2D eigenvalue weighted by Crippen LogP contribution is -2.22. The molecule has 0 bridgehead atoms. The van der Waals surface area contributed by atoms with Crippen molar-refractivity contribution >= 4 is 11.8 Å². The van der Waals surface area contributed by atoms with Gasteiger partial charge in [-0.05, 0) is 12.8 Å². The normalized spacial score (nSPS) is 14.5. The highest BCUT2D eigenvalue weighted by molar-refractivity contribution is 5.93. The quantitative estimate of drug-likeness (QED) is 0.927. The minimum atomic E-state index is -0.980. The first-order valence-corrected chi connectivity index (χ1v) is 6.66. The molecule has 2 aromatic rings. The van der Waals surface area contributed by atoms with Crippen LogP contribution < -0.4 is 4.90 Å². The number of aromatic nitrogens is 2. The third-order valence-electron chi connectivity index (χ3n) is 3.44. The first-order valence-electron chi connectivity index (χ1n) is 6.66. The fourth-order valence-corrected chi connectivity index (χ4v) is 2.42. The second-order valence-electron chi connectivity index (χ2n) is 4.80. The molecule has 1 saturated heterocycles. The number of carboxylic acids is 1. The minimum Gasteiger partial charge on any atom is -0.477 e. The lowest BCUT2D eigenvalue weighted by Gasteiger charge is -2.18. The maximum absolute atomic E-state index is 11.3. The zero-order valence-electron chi connectivity index (χ0n) is 11.0. The molecule has 1 aromatic carbocycles. The van der Waals surface area contributed by atoms with E-state index >= 15 is 0 Å². The largest absolute Gasteiger partial charge is 0.477 e. The smallest absolute Gasteiger partial charge is 0.341 e.